The van der Waals surface area contributed by atoms with Gasteiger partial charge in [-0.2, -0.15) is 0 Å². The molecule has 1 heterocycles. The van der Waals surface area contributed by atoms with Gasteiger partial charge >= 0.3 is 0 Å². The van der Waals surface area contributed by atoms with E-state index in [0.717, 1.165) is 41.0 Å². The van der Waals surface area contributed by atoms with Crippen LogP contribution >= 0.6 is 11.9 Å². The van der Waals surface area contributed by atoms with Gasteiger partial charge in [-0.1, -0.05) is 19.3 Å². The van der Waals surface area contributed by atoms with Crippen LogP contribution in [0.1, 0.15) is 61.0 Å². The largest absolute Gasteiger partial charge is 0.383 e. The maximum absolute atomic E-state index is 13.0. The standard InChI is InChI=1S/C25H35N5O2S/c1-18-14-21(33-28-12-13-32-2)10-11-22(18)29-25(31)23-15-24(27-17-26-23)30(16-19-8-9-19)20-6-4-3-5-7-20/h10-11,14-15,17,19-20,28H,3-9,12-13,16H2,1-2H3,(H,29,31). The van der Waals surface area contributed by atoms with Crippen molar-refractivity contribution in [2.24, 2.45) is 5.92 Å². The van der Waals surface area contributed by atoms with Crippen molar-refractivity contribution in [3.8, 4) is 0 Å². The molecule has 0 aliphatic heterocycles. The smallest absolute Gasteiger partial charge is 0.274 e. The molecule has 1 aromatic carbocycles. The molecule has 2 saturated carbocycles. The number of nitrogens with zero attached hydrogens (tertiary/aromatic N) is 3. The molecule has 8 heteroatoms. The van der Waals surface area contributed by atoms with Crippen LogP contribution in [0.2, 0.25) is 0 Å². The molecular formula is C25H35N5O2S. The molecule has 2 aromatic rings. The van der Waals surface area contributed by atoms with Gasteiger partial charge in [-0.15, -0.1) is 0 Å². The van der Waals surface area contributed by atoms with Crippen LogP contribution in [-0.2, 0) is 4.74 Å². The fraction of sp³-hybridized carbons (Fsp3) is 0.560. The molecule has 0 bridgehead atoms. The fourth-order valence-electron chi connectivity index (χ4n) is 4.33. The molecule has 1 aromatic heterocycles. The van der Waals surface area contributed by atoms with E-state index in [1.54, 1.807) is 19.1 Å². The van der Waals surface area contributed by atoms with Gasteiger partial charge in [0.05, 0.1) is 6.61 Å². The summed E-state index contributed by atoms with van der Waals surface area (Å²) < 4.78 is 8.31. The Morgan fingerprint density at radius 3 is 2.70 bits per heavy atom. The lowest BCUT2D eigenvalue weighted by Crippen LogP contribution is -2.39. The Kier molecular flexibility index (Phi) is 8.58. The van der Waals surface area contributed by atoms with Crippen LogP contribution in [-0.4, -0.2) is 48.7 Å². The zero-order chi connectivity index (χ0) is 23.0. The number of benzene rings is 1. The van der Waals surface area contributed by atoms with E-state index < -0.39 is 0 Å². The summed E-state index contributed by atoms with van der Waals surface area (Å²) in [6.45, 7) is 4.48. The second-order valence-corrected chi connectivity index (χ2v) is 10.0. The molecule has 4 rings (SSSR count). The Labute approximate surface area is 201 Å². The topological polar surface area (TPSA) is 79.4 Å². The highest BCUT2D eigenvalue weighted by atomic mass is 32.2. The van der Waals surface area contributed by atoms with Crippen molar-refractivity contribution in [2.45, 2.75) is 62.8 Å². The highest BCUT2D eigenvalue weighted by molar-refractivity contribution is 7.97. The van der Waals surface area contributed by atoms with E-state index in [4.69, 9.17) is 4.74 Å². The zero-order valence-electron chi connectivity index (χ0n) is 19.7. The van der Waals surface area contributed by atoms with Gasteiger partial charge in [0.1, 0.15) is 17.8 Å². The van der Waals surface area contributed by atoms with Crippen molar-refractivity contribution in [2.75, 3.05) is 37.0 Å². The third-order valence-electron chi connectivity index (χ3n) is 6.39. The van der Waals surface area contributed by atoms with Gasteiger partial charge in [0.15, 0.2) is 0 Å². The summed E-state index contributed by atoms with van der Waals surface area (Å²) in [4.78, 5) is 25.4. The van der Waals surface area contributed by atoms with Gasteiger partial charge in [0.2, 0.25) is 0 Å². The number of ether oxygens (including phenoxy) is 1. The van der Waals surface area contributed by atoms with E-state index in [2.05, 4.69) is 31.0 Å². The number of aromatic nitrogens is 2. The molecule has 0 unspecified atom stereocenters. The Morgan fingerprint density at radius 2 is 1.97 bits per heavy atom. The quantitative estimate of drug-likeness (QED) is 0.360. The van der Waals surface area contributed by atoms with Crippen LogP contribution in [0.4, 0.5) is 11.5 Å². The van der Waals surface area contributed by atoms with Crippen molar-refractivity contribution in [3.63, 3.8) is 0 Å². The summed E-state index contributed by atoms with van der Waals surface area (Å²) in [6, 6.07) is 8.39. The molecule has 2 fully saturated rings. The number of aryl methyl sites for hydroxylation is 1. The third kappa shape index (κ3) is 6.91. The van der Waals surface area contributed by atoms with E-state index in [-0.39, 0.29) is 5.91 Å². The zero-order valence-corrected chi connectivity index (χ0v) is 20.5. The molecular weight excluding hydrogens is 434 g/mol. The average Bonchev–Trinajstić information content (AvgIpc) is 3.67. The Balaban J connectivity index is 1.42. The first-order valence-electron chi connectivity index (χ1n) is 12.0. The maximum atomic E-state index is 13.0. The molecule has 0 saturated heterocycles. The van der Waals surface area contributed by atoms with Gasteiger partial charge < -0.3 is 15.0 Å². The summed E-state index contributed by atoms with van der Waals surface area (Å²) in [6.07, 6.45) is 10.4. The highest BCUT2D eigenvalue weighted by Gasteiger charge is 2.30. The molecule has 0 spiro atoms. The summed E-state index contributed by atoms with van der Waals surface area (Å²) in [5.41, 5.74) is 2.22. The number of hydrogen-bond donors (Lipinski definition) is 2. The summed E-state index contributed by atoms with van der Waals surface area (Å²) >= 11 is 1.56. The van der Waals surface area contributed by atoms with Crippen molar-refractivity contribution in [1.29, 1.82) is 0 Å². The molecule has 1 amide bonds. The molecule has 0 radical (unpaired) electrons. The fourth-order valence-corrected chi connectivity index (χ4v) is 5.06. The van der Waals surface area contributed by atoms with Crippen molar-refractivity contribution in [1.82, 2.24) is 14.7 Å². The van der Waals surface area contributed by atoms with Crippen molar-refractivity contribution >= 4 is 29.4 Å². The molecule has 2 aliphatic rings. The number of amides is 1. The predicted molar refractivity (Wildman–Crippen MR) is 134 cm³/mol. The SMILES string of the molecule is COCCNSc1ccc(NC(=O)c2cc(N(CC3CC3)C3CCCCC3)ncn2)c(C)c1. The Bertz CT molecular complexity index is 931. The van der Waals surface area contributed by atoms with Crippen LogP contribution < -0.4 is 14.9 Å². The first-order chi connectivity index (χ1) is 16.1. The average molecular weight is 470 g/mol. The maximum Gasteiger partial charge on any atom is 0.274 e. The Hall–Kier alpha value is -2.16. The number of carbonyl (C=O) groups excluding carboxylic acids is 1. The van der Waals surface area contributed by atoms with Gasteiger partial charge in [0, 0.05) is 42.9 Å². The molecule has 178 valence electrons. The van der Waals surface area contributed by atoms with Crippen molar-refractivity contribution in [3.05, 3.63) is 41.9 Å². The predicted octanol–water partition coefficient (Wildman–Crippen LogP) is 4.83. The van der Waals surface area contributed by atoms with E-state index >= 15 is 0 Å². The monoisotopic (exact) mass is 469 g/mol. The lowest BCUT2D eigenvalue weighted by atomic mass is 9.94. The van der Waals surface area contributed by atoms with E-state index in [9.17, 15) is 4.79 Å². The van der Waals surface area contributed by atoms with E-state index in [0.29, 0.717) is 18.3 Å². The van der Waals surface area contributed by atoms with E-state index in [1.165, 1.54) is 51.3 Å². The summed E-state index contributed by atoms with van der Waals surface area (Å²) in [5, 5.41) is 3.03. The lowest BCUT2D eigenvalue weighted by molar-refractivity contribution is 0.102. The number of anilines is 2. The van der Waals surface area contributed by atoms with Gasteiger partial charge in [-0.05, 0) is 74.2 Å². The van der Waals surface area contributed by atoms with E-state index in [1.807, 2.05) is 25.1 Å². The lowest BCUT2D eigenvalue weighted by Gasteiger charge is -2.35. The minimum atomic E-state index is -0.199. The number of rotatable bonds is 11. The number of methoxy groups -OCH3 is 1. The van der Waals surface area contributed by atoms with Gasteiger partial charge in [-0.25, -0.2) is 9.97 Å². The highest BCUT2D eigenvalue weighted by Crippen LogP contribution is 2.34. The van der Waals surface area contributed by atoms with Crippen LogP contribution in [0, 0.1) is 12.8 Å². The second kappa shape index (κ2) is 11.8. The molecule has 33 heavy (non-hydrogen) atoms. The normalized spacial score (nSPS) is 16.5. The second-order valence-electron chi connectivity index (χ2n) is 9.07. The molecule has 7 nitrogen and oxygen atoms in total. The number of carbonyl (C=O) groups is 1. The summed E-state index contributed by atoms with van der Waals surface area (Å²) in [7, 11) is 1.69. The Morgan fingerprint density at radius 1 is 1.15 bits per heavy atom. The van der Waals surface area contributed by atoms with Crippen molar-refractivity contribution < 1.29 is 9.53 Å². The molecule has 2 aliphatic carbocycles. The first-order valence-corrected chi connectivity index (χ1v) is 12.8. The minimum absolute atomic E-state index is 0.199. The van der Waals surface area contributed by atoms with Crippen LogP contribution in [0.5, 0.6) is 0 Å². The summed E-state index contributed by atoms with van der Waals surface area (Å²) in [5.74, 6) is 1.46. The molecule has 2 N–H and O–H groups in total. The van der Waals surface area contributed by atoms with Gasteiger partial charge in [-0.3, -0.25) is 9.52 Å². The molecule has 0 atom stereocenters. The van der Waals surface area contributed by atoms with Gasteiger partial charge in [0.25, 0.3) is 5.91 Å². The number of hydrogen-bond acceptors (Lipinski definition) is 7. The van der Waals surface area contributed by atoms with Crippen LogP contribution in [0.15, 0.2) is 35.5 Å². The third-order valence-corrected chi connectivity index (χ3v) is 7.23. The minimum Gasteiger partial charge on any atom is -0.383 e. The van der Waals surface area contributed by atoms with Crippen LogP contribution in [0.25, 0.3) is 0 Å². The number of nitrogens with one attached hydrogen (secondary N) is 2. The van der Waals surface area contributed by atoms with Crippen LogP contribution in [0.3, 0.4) is 0 Å². The first kappa shape index (κ1) is 24.0.